The maximum atomic E-state index is 11.8. The molecule has 5 heteroatoms. The molecule has 0 aliphatic heterocycles. The number of benzene rings is 1. The Hall–Kier alpha value is -2.06. The second kappa shape index (κ2) is 6.40. The van der Waals surface area contributed by atoms with Crippen LogP contribution in [0.1, 0.15) is 31.2 Å². The molecule has 0 heterocycles. The first kappa shape index (κ1) is 14.4. The molecule has 2 N–H and O–H groups in total. The quantitative estimate of drug-likeness (QED) is 0.794. The van der Waals surface area contributed by atoms with E-state index in [1.165, 1.54) is 0 Å². The van der Waals surface area contributed by atoms with Crippen LogP contribution in [0.15, 0.2) is 24.3 Å². The highest BCUT2D eigenvalue weighted by molar-refractivity contribution is 5.85. The molecule has 0 unspecified atom stereocenters. The predicted molar refractivity (Wildman–Crippen MR) is 73.1 cm³/mol. The van der Waals surface area contributed by atoms with Gasteiger partial charge in [-0.05, 0) is 49.9 Å². The SMILES string of the molecule is N#Cc1ccc(OCCNC(=O)C2(O)CCCC2)cc1. The Morgan fingerprint density at radius 3 is 2.60 bits per heavy atom. The highest BCUT2D eigenvalue weighted by Crippen LogP contribution is 2.29. The average molecular weight is 274 g/mol. The molecule has 1 aliphatic carbocycles. The maximum Gasteiger partial charge on any atom is 0.252 e. The summed E-state index contributed by atoms with van der Waals surface area (Å²) in [5.41, 5.74) is -0.608. The van der Waals surface area contributed by atoms with Gasteiger partial charge in [-0.3, -0.25) is 4.79 Å². The van der Waals surface area contributed by atoms with Crippen molar-refractivity contribution < 1.29 is 14.6 Å². The van der Waals surface area contributed by atoms with Crippen LogP contribution in [0, 0.1) is 11.3 Å². The number of hydrogen-bond acceptors (Lipinski definition) is 4. The first-order chi connectivity index (χ1) is 9.64. The van der Waals surface area contributed by atoms with E-state index in [2.05, 4.69) is 5.32 Å². The molecule has 0 aromatic heterocycles. The third-order valence-electron chi connectivity index (χ3n) is 3.49. The van der Waals surface area contributed by atoms with Crippen LogP contribution in [-0.2, 0) is 4.79 Å². The molecule has 0 spiro atoms. The van der Waals surface area contributed by atoms with E-state index in [1.54, 1.807) is 24.3 Å². The van der Waals surface area contributed by atoms with Crippen LogP contribution in [-0.4, -0.2) is 29.8 Å². The van der Waals surface area contributed by atoms with Crippen LogP contribution in [0.2, 0.25) is 0 Å². The van der Waals surface area contributed by atoms with Gasteiger partial charge in [0, 0.05) is 0 Å². The molecule has 1 amide bonds. The summed E-state index contributed by atoms with van der Waals surface area (Å²) in [7, 11) is 0. The second-order valence-electron chi connectivity index (χ2n) is 4.98. The van der Waals surface area contributed by atoms with Crippen molar-refractivity contribution in [1.29, 1.82) is 5.26 Å². The molecule has 0 atom stereocenters. The number of nitriles is 1. The molecule has 2 rings (SSSR count). The maximum absolute atomic E-state index is 11.8. The van der Waals surface area contributed by atoms with Crippen molar-refractivity contribution in [3.8, 4) is 11.8 Å². The summed E-state index contributed by atoms with van der Waals surface area (Å²) in [4.78, 5) is 11.8. The highest BCUT2D eigenvalue weighted by Gasteiger charge is 2.38. The molecule has 106 valence electrons. The van der Waals surface area contributed by atoms with Gasteiger partial charge in [-0.25, -0.2) is 0 Å². The molecule has 1 fully saturated rings. The van der Waals surface area contributed by atoms with Gasteiger partial charge in [0.15, 0.2) is 0 Å². The van der Waals surface area contributed by atoms with E-state index in [0.29, 0.717) is 37.3 Å². The number of nitrogens with one attached hydrogen (secondary N) is 1. The van der Waals surface area contributed by atoms with Crippen LogP contribution in [0.4, 0.5) is 0 Å². The van der Waals surface area contributed by atoms with Gasteiger partial charge in [0.05, 0.1) is 18.2 Å². The number of carbonyl (C=O) groups is 1. The lowest BCUT2D eigenvalue weighted by Gasteiger charge is -2.20. The lowest BCUT2D eigenvalue weighted by atomic mass is 10.0. The van der Waals surface area contributed by atoms with Gasteiger partial charge >= 0.3 is 0 Å². The second-order valence-corrected chi connectivity index (χ2v) is 4.98. The summed E-state index contributed by atoms with van der Waals surface area (Å²) in [6.45, 7) is 0.675. The number of carbonyl (C=O) groups excluding carboxylic acids is 1. The number of aliphatic hydroxyl groups is 1. The Morgan fingerprint density at radius 1 is 1.35 bits per heavy atom. The summed E-state index contributed by atoms with van der Waals surface area (Å²) in [5, 5.41) is 21.4. The van der Waals surface area contributed by atoms with Crippen molar-refractivity contribution in [2.45, 2.75) is 31.3 Å². The minimum atomic E-state index is -1.19. The molecule has 20 heavy (non-hydrogen) atoms. The lowest BCUT2D eigenvalue weighted by Crippen LogP contribution is -2.45. The third kappa shape index (κ3) is 3.49. The number of rotatable bonds is 5. The zero-order chi connectivity index (χ0) is 14.4. The van der Waals surface area contributed by atoms with Gasteiger partial charge in [-0.2, -0.15) is 5.26 Å². The molecule has 0 radical (unpaired) electrons. The highest BCUT2D eigenvalue weighted by atomic mass is 16.5. The summed E-state index contributed by atoms with van der Waals surface area (Å²) < 4.78 is 5.45. The Labute approximate surface area is 118 Å². The standard InChI is InChI=1S/C15H18N2O3/c16-11-12-3-5-13(6-4-12)20-10-9-17-14(18)15(19)7-1-2-8-15/h3-6,19H,1-2,7-10H2,(H,17,18). The van der Waals surface area contributed by atoms with E-state index in [4.69, 9.17) is 10.00 Å². The largest absolute Gasteiger partial charge is 0.492 e. The Kier molecular flexibility index (Phi) is 4.59. The Balaban J connectivity index is 1.71. The number of ether oxygens (including phenoxy) is 1. The number of nitrogens with zero attached hydrogens (tertiary/aromatic N) is 1. The lowest BCUT2D eigenvalue weighted by molar-refractivity contribution is -0.139. The fourth-order valence-electron chi connectivity index (χ4n) is 2.31. The first-order valence-electron chi connectivity index (χ1n) is 6.78. The topological polar surface area (TPSA) is 82.3 Å². The zero-order valence-electron chi connectivity index (χ0n) is 11.3. The molecule has 1 aromatic rings. The van der Waals surface area contributed by atoms with Crippen LogP contribution in [0.5, 0.6) is 5.75 Å². The minimum Gasteiger partial charge on any atom is -0.492 e. The Bertz CT molecular complexity index is 499. The van der Waals surface area contributed by atoms with Gasteiger partial charge in [-0.15, -0.1) is 0 Å². The first-order valence-corrected chi connectivity index (χ1v) is 6.78. The van der Waals surface area contributed by atoms with Crippen molar-refractivity contribution in [3.05, 3.63) is 29.8 Å². The van der Waals surface area contributed by atoms with E-state index in [-0.39, 0.29) is 5.91 Å². The van der Waals surface area contributed by atoms with E-state index in [1.807, 2.05) is 6.07 Å². The summed E-state index contributed by atoms with van der Waals surface area (Å²) in [5.74, 6) is 0.344. The van der Waals surface area contributed by atoms with Crippen LogP contribution in [0.3, 0.4) is 0 Å². The predicted octanol–water partition coefficient (Wildman–Crippen LogP) is 1.36. The van der Waals surface area contributed by atoms with E-state index < -0.39 is 5.60 Å². The molecule has 0 saturated heterocycles. The van der Waals surface area contributed by atoms with E-state index in [0.717, 1.165) is 12.8 Å². The molecule has 1 aliphatic rings. The third-order valence-corrected chi connectivity index (χ3v) is 3.49. The molecule has 1 aromatic carbocycles. The van der Waals surface area contributed by atoms with Crippen molar-refractivity contribution in [1.82, 2.24) is 5.32 Å². The normalized spacial score (nSPS) is 16.4. The van der Waals surface area contributed by atoms with Crippen molar-refractivity contribution in [2.75, 3.05) is 13.2 Å². The van der Waals surface area contributed by atoms with Gasteiger partial charge < -0.3 is 15.2 Å². The van der Waals surface area contributed by atoms with Crippen LogP contribution < -0.4 is 10.1 Å². The van der Waals surface area contributed by atoms with Crippen molar-refractivity contribution >= 4 is 5.91 Å². The molecule has 1 saturated carbocycles. The van der Waals surface area contributed by atoms with E-state index >= 15 is 0 Å². The molecule has 0 bridgehead atoms. The minimum absolute atomic E-state index is 0.307. The van der Waals surface area contributed by atoms with Gasteiger partial charge in [0.1, 0.15) is 18.0 Å². The van der Waals surface area contributed by atoms with Gasteiger partial charge in [-0.1, -0.05) is 0 Å². The monoisotopic (exact) mass is 274 g/mol. The summed E-state index contributed by atoms with van der Waals surface area (Å²) in [6, 6.07) is 8.81. The average Bonchev–Trinajstić information content (AvgIpc) is 2.92. The number of amides is 1. The molecular weight excluding hydrogens is 256 g/mol. The van der Waals surface area contributed by atoms with Gasteiger partial charge in [0.2, 0.25) is 0 Å². The van der Waals surface area contributed by atoms with Crippen LogP contribution in [0.25, 0.3) is 0 Å². The summed E-state index contributed by atoms with van der Waals surface area (Å²) in [6.07, 6.45) is 2.86. The zero-order valence-corrected chi connectivity index (χ0v) is 11.3. The van der Waals surface area contributed by atoms with Crippen molar-refractivity contribution in [3.63, 3.8) is 0 Å². The van der Waals surface area contributed by atoms with Crippen molar-refractivity contribution in [2.24, 2.45) is 0 Å². The Morgan fingerprint density at radius 2 is 2.00 bits per heavy atom. The fourth-order valence-corrected chi connectivity index (χ4v) is 2.31. The van der Waals surface area contributed by atoms with Gasteiger partial charge in [0.25, 0.3) is 5.91 Å². The number of hydrogen-bond donors (Lipinski definition) is 2. The fraction of sp³-hybridized carbons (Fsp3) is 0.467. The van der Waals surface area contributed by atoms with Crippen LogP contribution >= 0.6 is 0 Å². The van der Waals surface area contributed by atoms with E-state index in [9.17, 15) is 9.90 Å². The summed E-state index contributed by atoms with van der Waals surface area (Å²) >= 11 is 0. The molecular formula is C15H18N2O3. The molecule has 5 nitrogen and oxygen atoms in total. The smallest absolute Gasteiger partial charge is 0.252 e.